The van der Waals surface area contributed by atoms with Crippen LogP contribution in [0.1, 0.15) is 0 Å². The minimum atomic E-state index is 0.178. The first-order valence-corrected chi connectivity index (χ1v) is 4.42. The van der Waals surface area contributed by atoms with Gasteiger partial charge in [0, 0.05) is 10.3 Å². The third kappa shape index (κ3) is 1.62. The maximum Gasteiger partial charge on any atom is 0.160 e. The number of hydrogen-bond donors (Lipinski definition) is 3. The monoisotopic (exact) mass is 222 g/mol. The molecular formula is C8H6N4O2S. The Hall–Kier alpha value is -1.73. The van der Waals surface area contributed by atoms with E-state index < -0.39 is 0 Å². The van der Waals surface area contributed by atoms with Crippen molar-refractivity contribution in [2.75, 3.05) is 5.48 Å². The van der Waals surface area contributed by atoms with E-state index in [0.29, 0.717) is 15.8 Å². The molecule has 0 saturated heterocycles. The van der Waals surface area contributed by atoms with Crippen LogP contribution < -0.4 is 5.48 Å². The van der Waals surface area contributed by atoms with Crippen molar-refractivity contribution >= 4 is 35.0 Å². The summed E-state index contributed by atoms with van der Waals surface area (Å²) in [6.45, 7) is 0. The summed E-state index contributed by atoms with van der Waals surface area (Å²) >= 11 is 4.08. The molecule has 2 aromatic rings. The Morgan fingerprint density at radius 3 is 2.87 bits per heavy atom. The fourth-order valence-corrected chi connectivity index (χ4v) is 1.47. The molecule has 0 amide bonds. The van der Waals surface area contributed by atoms with Gasteiger partial charge in [-0.1, -0.05) is 0 Å². The van der Waals surface area contributed by atoms with Crippen LogP contribution in [-0.2, 0) is 0 Å². The van der Waals surface area contributed by atoms with E-state index in [4.69, 9.17) is 5.21 Å². The Bertz CT molecular complexity index is 531. The van der Waals surface area contributed by atoms with Gasteiger partial charge in [-0.05, 0) is 17.3 Å². The third-order valence-corrected chi connectivity index (χ3v) is 2.29. The Kier molecular flexibility index (Phi) is 2.48. The molecular weight excluding hydrogens is 216 g/mol. The zero-order valence-electron chi connectivity index (χ0n) is 7.38. The molecule has 0 unspecified atom stereocenters. The lowest BCUT2D eigenvalue weighted by molar-refractivity contribution is 0.387. The highest BCUT2D eigenvalue weighted by Crippen LogP contribution is 2.30. The van der Waals surface area contributed by atoms with Gasteiger partial charge in [0.2, 0.25) is 0 Å². The second-order valence-corrected chi connectivity index (χ2v) is 3.27. The molecule has 6 nitrogen and oxygen atoms in total. The number of aromatic nitrogens is 2. The summed E-state index contributed by atoms with van der Waals surface area (Å²) in [6, 6.07) is 3.04. The van der Waals surface area contributed by atoms with Crippen LogP contribution >= 0.6 is 12.6 Å². The summed E-state index contributed by atoms with van der Waals surface area (Å²) in [5.74, 6) is 0.221. The first-order chi connectivity index (χ1) is 7.26. The highest BCUT2D eigenvalue weighted by Gasteiger charge is 2.07. The molecule has 0 radical (unpaired) electrons. The topological polar surface area (TPSA) is 87.5 Å². The molecule has 15 heavy (non-hydrogen) atoms. The van der Waals surface area contributed by atoms with E-state index in [-0.39, 0.29) is 11.5 Å². The lowest BCUT2D eigenvalue weighted by atomic mass is 10.2. The van der Waals surface area contributed by atoms with Crippen LogP contribution in [0.4, 0.5) is 11.5 Å². The Morgan fingerprint density at radius 2 is 2.20 bits per heavy atom. The number of thiol groups is 1. The number of anilines is 1. The molecule has 0 fully saturated rings. The first kappa shape index (κ1) is 9.81. The molecule has 1 aromatic carbocycles. The summed E-state index contributed by atoms with van der Waals surface area (Å²) in [4.78, 5) is 18.6. The van der Waals surface area contributed by atoms with Crippen LogP contribution in [0.5, 0.6) is 0 Å². The molecule has 0 aliphatic heterocycles. The third-order valence-electron chi connectivity index (χ3n) is 1.94. The predicted molar refractivity (Wildman–Crippen MR) is 57.7 cm³/mol. The number of nitrogens with one attached hydrogen (secondary N) is 1. The van der Waals surface area contributed by atoms with Crippen LogP contribution in [0.15, 0.2) is 28.5 Å². The van der Waals surface area contributed by atoms with Gasteiger partial charge in [0.25, 0.3) is 0 Å². The number of fused-ring (bicyclic) bond motifs is 1. The van der Waals surface area contributed by atoms with Crippen molar-refractivity contribution < 1.29 is 5.21 Å². The van der Waals surface area contributed by atoms with E-state index >= 15 is 0 Å². The van der Waals surface area contributed by atoms with Gasteiger partial charge >= 0.3 is 0 Å². The van der Waals surface area contributed by atoms with Gasteiger partial charge in [0.1, 0.15) is 12.0 Å². The number of nitrogens with zero attached hydrogens (tertiary/aromatic N) is 3. The lowest BCUT2D eigenvalue weighted by Gasteiger charge is -2.04. The highest BCUT2D eigenvalue weighted by atomic mass is 32.1. The van der Waals surface area contributed by atoms with Crippen molar-refractivity contribution in [2.45, 2.75) is 4.90 Å². The van der Waals surface area contributed by atoms with Gasteiger partial charge in [-0.2, -0.15) is 0 Å². The molecule has 0 aliphatic rings. The molecule has 1 heterocycles. The molecule has 0 bridgehead atoms. The van der Waals surface area contributed by atoms with Crippen LogP contribution in [0.3, 0.4) is 0 Å². The normalized spacial score (nSPS) is 10.3. The summed E-state index contributed by atoms with van der Waals surface area (Å²) in [6.07, 6.45) is 1.29. The molecule has 1 aromatic heterocycles. The second-order valence-electron chi connectivity index (χ2n) is 2.78. The predicted octanol–water partition coefficient (Wildman–Crippen LogP) is 2.12. The summed E-state index contributed by atoms with van der Waals surface area (Å²) in [7, 11) is 0. The first-order valence-electron chi connectivity index (χ1n) is 3.97. The molecule has 0 atom stereocenters. The van der Waals surface area contributed by atoms with E-state index in [1.54, 1.807) is 6.07 Å². The van der Waals surface area contributed by atoms with Crippen molar-refractivity contribution in [3.05, 3.63) is 23.4 Å². The van der Waals surface area contributed by atoms with Crippen LogP contribution in [0.25, 0.3) is 10.9 Å². The largest absolute Gasteiger partial charge is 0.290 e. The van der Waals surface area contributed by atoms with Gasteiger partial charge in [-0.3, -0.25) is 10.7 Å². The van der Waals surface area contributed by atoms with E-state index in [1.807, 2.05) is 5.48 Å². The lowest BCUT2D eigenvalue weighted by Crippen LogP contribution is -1.95. The Labute approximate surface area is 89.7 Å². The Morgan fingerprint density at radius 1 is 1.40 bits per heavy atom. The van der Waals surface area contributed by atoms with Gasteiger partial charge in [0.15, 0.2) is 5.82 Å². The van der Waals surface area contributed by atoms with Crippen LogP contribution in [0, 0.1) is 4.91 Å². The van der Waals surface area contributed by atoms with Crippen LogP contribution in [-0.4, -0.2) is 15.2 Å². The number of benzene rings is 1. The molecule has 0 aliphatic carbocycles. The fourth-order valence-electron chi connectivity index (χ4n) is 1.24. The van der Waals surface area contributed by atoms with Crippen molar-refractivity contribution in [3.8, 4) is 0 Å². The van der Waals surface area contributed by atoms with Gasteiger partial charge in [-0.15, -0.1) is 17.5 Å². The van der Waals surface area contributed by atoms with E-state index in [9.17, 15) is 4.91 Å². The second kappa shape index (κ2) is 3.79. The smallest absolute Gasteiger partial charge is 0.160 e. The van der Waals surface area contributed by atoms with Crippen molar-refractivity contribution in [2.24, 2.45) is 5.18 Å². The van der Waals surface area contributed by atoms with Crippen LogP contribution in [0.2, 0.25) is 0 Å². The number of nitroso groups, excluding NO2 is 1. The average molecular weight is 222 g/mol. The van der Waals surface area contributed by atoms with E-state index in [2.05, 4.69) is 27.8 Å². The summed E-state index contributed by atoms with van der Waals surface area (Å²) in [5, 5.41) is 12.1. The molecule has 0 saturated carbocycles. The SMILES string of the molecule is O=Nc1cc2c(NO)ncnc2cc1S. The molecule has 2 rings (SSSR count). The molecule has 7 heteroatoms. The number of rotatable bonds is 2. The molecule has 0 spiro atoms. The van der Waals surface area contributed by atoms with Crippen molar-refractivity contribution in [1.29, 1.82) is 0 Å². The zero-order valence-corrected chi connectivity index (χ0v) is 8.27. The highest BCUT2D eigenvalue weighted by molar-refractivity contribution is 7.80. The van der Waals surface area contributed by atoms with E-state index in [0.717, 1.165) is 0 Å². The van der Waals surface area contributed by atoms with Gasteiger partial charge in [0.05, 0.1) is 5.52 Å². The van der Waals surface area contributed by atoms with Gasteiger partial charge in [-0.25, -0.2) is 9.97 Å². The van der Waals surface area contributed by atoms with Crippen molar-refractivity contribution in [3.63, 3.8) is 0 Å². The minimum Gasteiger partial charge on any atom is -0.290 e. The minimum absolute atomic E-state index is 0.178. The number of hydrogen-bond acceptors (Lipinski definition) is 7. The van der Waals surface area contributed by atoms with Crippen molar-refractivity contribution in [1.82, 2.24) is 9.97 Å². The maximum absolute atomic E-state index is 10.4. The van der Waals surface area contributed by atoms with Gasteiger partial charge < -0.3 is 0 Å². The average Bonchev–Trinajstić information content (AvgIpc) is 2.27. The summed E-state index contributed by atoms with van der Waals surface area (Å²) < 4.78 is 0. The zero-order chi connectivity index (χ0) is 10.8. The maximum atomic E-state index is 10.4. The quantitative estimate of drug-likeness (QED) is 0.411. The van der Waals surface area contributed by atoms with E-state index in [1.165, 1.54) is 12.4 Å². The molecule has 2 N–H and O–H groups in total. The Balaban J connectivity index is 2.81. The standard InChI is InChI=1S/C8H6N4O2S/c13-11-6-1-4-5(2-7(6)15)9-3-10-8(4)12-14/h1-3,14-15H,(H,9,10,12). The molecule has 76 valence electrons. The summed E-state index contributed by atoms with van der Waals surface area (Å²) in [5.41, 5.74) is 2.67. The fraction of sp³-hybridized carbons (Fsp3) is 0.